The number of aliphatic carboxylic acids is 1. The van der Waals surface area contributed by atoms with Gasteiger partial charge in [-0.3, -0.25) is 4.79 Å². The molecule has 4 N–H and O–H groups in total. The molecule has 2 atom stereocenters. The number of carboxylic acid groups (broad SMARTS) is 1. The quantitative estimate of drug-likeness (QED) is 0.756. The minimum absolute atomic E-state index is 0.0784. The summed E-state index contributed by atoms with van der Waals surface area (Å²) in [6.07, 6.45) is 1.95. The largest absolute Gasteiger partial charge is 0.493 e. The second kappa shape index (κ2) is 6.32. The summed E-state index contributed by atoms with van der Waals surface area (Å²) < 4.78 is 11.1. The molecule has 0 heterocycles. The van der Waals surface area contributed by atoms with Crippen molar-refractivity contribution in [1.82, 2.24) is 0 Å². The fourth-order valence-corrected chi connectivity index (χ4v) is 2.64. The lowest BCUT2D eigenvalue weighted by Crippen LogP contribution is -2.53. The van der Waals surface area contributed by atoms with Gasteiger partial charge in [0.1, 0.15) is 11.6 Å². The van der Waals surface area contributed by atoms with Crippen molar-refractivity contribution in [1.29, 1.82) is 0 Å². The number of aliphatic hydroxyl groups excluding tert-OH is 1. The first-order chi connectivity index (χ1) is 9.98. The van der Waals surface area contributed by atoms with Crippen molar-refractivity contribution < 1.29 is 24.5 Å². The zero-order valence-corrected chi connectivity index (χ0v) is 12.0. The molecule has 116 valence electrons. The fourth-order valence-electron chi connectivity index (χ4n) is 2.64. The van der Waals surface area contributed by atoms with Gasteiger partial charge < -0.3 is 25.4 Å². The van der Waals surface area contributed by atoms with Gasteiger partial charge in [-0.1, -0.05) is 6.07 Å². The fraction of sp³-hybridized carbons (Fsp3) is 0.533. The van der Waals surface area contributed by atoms with Crippen molar-refractivity contribution >= 4 is 5.97 Å². The number of methoxy groups -OCH3 is 1. The first-order valence-corrected chi connectivity index (χ1v) is 6.95. The molecule has 1 aliphatic carbocycles. The number of nitrogens with two attached hydrogens (primary N) is 1. The minimum atomic E-state index is -1.22. The van der Waals surface area contributed by atoms with E-state index in [1.54, 1.807) is 18.2 Å². The van der Waals surface area contributed by atoms with E-state index in [1.807, 2.05) is 0 Å². The lowest BCUT2D eigenvalue weighted by atomic mass is 9.81. The molecule has 1 saturated carbocycles. The van der Waals surface area contributed by atoms with Crippen LogP contribution in [0.4, 0.5) is 0 Å². The number of aliphatic hydroxyl groups is 1. The third kappa shape index (κ3) is 3.46. The predicted molar refractivity (Wildman–Crippen MR) is 76.4 cm³/mol. The van der Waals surface area contributed by atoms with Gasteiger partial charge in [-0.05, 0) is 37.0 Å². The van der Waals surface area contributed by atoms with Crippen LogP contribution < -0.4 is 15.2 Å². The first kappa shape index (κ1) is 15.6. The second-order valence-electron chi connectivity index (χ2n) is 5.44. The maximum Gasteiger partial charge on any atom is 0.323 e. The van der Waals surface area contributed by atoms with Gasteiger partial charge in [0.25, 0.3) is 0 Å². The smallest absolute Gasteiger partial charge is 0.323 e. The van der Waals surface area contributed by atoms with Crippen LogP contribution in [0.25, 0.3) is 0 Å². The maximum absolute atomic E-state index is 11.2. The maximum atomic E-state index is 11.2. The minimum Gasteiger partial charge on any atom is -0.493 e. The lowest BCUT2D eigenvalue weighted by molar-refractivity contribution is -0.145. The third-order valence-electron chi connectivity index (χ3n) is 3.87. The summed E-state index contributed by atoms with van der Waals surface area (Å²) in [5, 5.41) is 18.3. The van der Waals surface area contributed by atoms with Crippen LogP contribution in [0.5, 0.6) is 11.5 Å². The Morgan fingerprint density at radius 1 is 1.48 bits per heavy atom. The van der Waals surface area contributed by atoms with Gasteiger partial charge in [-0.25, -0.2) is 0 Å². The molecule has 0 amide bonds. The van der Waals surface area contributed by atoms with Crippen LogP contribution in [-0.4, -0.2) is 34.9 Å². The Morgan fingerprint density at radius 2 is 2.24 bits per heavy atom. The van der Waals surface area contributed by atoms with Gasteiger partial charge in [0.2, 0.25) is 0 Å². The van der Waals surface area contributed by atoms with Crippen molar-refractivity contribution in [2.75, 3.05) is 7.11 Å². The molecule has 0 spiro atoms. The third-order valence-corrected chi connectivity index (χ3v) is 3.87. The molecule has 2 rings (SSSR count). The Hall–Kier alpha value is -1.79. The Labute approximate surface area is 123 Å². The molecule has 6 nitrogen and oxygen atoms in total. The highest BCUT2D eigenvalue weighted by Gasteiger charge is 2.40. The standard InChI is InChI=1S/C15H21NO5/c1-20-13-7-10(9-17)4-5-12(13)21-11-3-2-6-15(16,8-11)14(18)19/h4-5,7,11,17H,2-3,6,8-9,16H2,1H3,(H,18,19). The van der Waals surface area contributed by atoms with E-state index in [2.05, 4.69) is 0 Å². The summed E-state index contributed by atoms with van der Waals surface area (Å²) in [5.41, 5.74) is 5.42. The van der Waals surface area contributed by atoms with Crippen LogP contribution >= 0.6 is 0 Å². The highest BCUT2D eigenvalue weighted by atomic mass is 16.5. The Kier molecular flexibility index (Phi) is 4.69. The molecule has 1 aliphatic rings. The Balaban J connectivity index is 2.12. The topological polar surface area (TPSA) is 102 Å². The summed E-state index contributed by atoms with van der Waals surface area (Å²) in [6.45, 7) is -0.0784. The first-order valence-electron chi connectivity index (χ1n) is 6.95. The van der Waals surface area contributed by atoms with E-state index in [0.29, 0.717) is 24.3 Å². The zero-order chi connectivity index (χ0) is 15.5. The van der Waals surface area contributed by atoms with Crippen LogP contribution in [0.15, 0.2) is 18.2 Å². The number of hydrogen-bond acceptors (Lipinski definition) is 5. The van der Waals surface area contributed by atoms with Crippen LogP contribution in [0.2, 0.25) is 0 Å². The molecule has 1 aromatic carbocycles. The van der Waals surface area contributed by atoms with Crippen LogP contribution in [0.1, 0.15) is 31.2 Å². The number of ether oxygens (including phenoxy) is 2. The molecular formula is C15H21NO5. The summed E-state index contributed by atoms with van der Waals surface area (Å²) in [6, 6.07) is 5.16. The zero-order valence-electron chi connectivity index (χ0n) is 12.0. The van der Waals surface area contributed by atoms with Crippen molar-refractivity contribution in [2.45, 2.75) is 43.9 Å². The molecule has 0 saturated heterocycles. The SMILES string of the molecule is COc1cc(CO)ccc1OC1CCCC(N)(C(=O)O)C1. The van der Waals surface area contributed by atoms with E-state index in [0.717, 1.165) is 12.0 Å². The highest BCUT2D eigenvalue weighted by Crippen LogP contribution is 2.34. The van der Waals surface area contributed by atoms with E-state index in [1.165, 1.54) is 7.11 Å². The van der Waals surface area contributed by atoms with Crippen LogP contribution in [-0.2, 0) is 11.4 Å². The summed E-state index contributed by atoms with van der Waals surface area (Å²) >= 11 is 0. The summed E-state index contributed by atoms with van der Waals surface area (Å²) in [7, 11) is 1.52. The van der Waals surface area contributed by atoms with E-state index >= 15 is 0 Å². The molecule has 0 radical (unpaired) electrons. The monoisotopic (exact) mass is 295 g/mol. The van der Waals surface area contributed by atoms with E-state index in [-0.39, 0.29) is 19.1 Å². The Morgan fingerprint density at radius 3 is 2.86 bits per heavy atom. The highest BCUT2D eigenvalue weighted by molar-refractivity contribution is 5.78. The Bertz CT molecular complexity index is 519. The van der Waals surface area contributed by atoms with Gasteiger partial charge in [-0.15, -0.1) is 0 Å². The molecule has 0 aromatic heterocycles. The normalized spacial score (nSPS) is 25.4. The average molecular weight is 295 g/mol. The predicted octanol–water partition coefficient (Wildman–Crippen LogP) is 1.29. The van der Waals surface area contributed by atoms with Gasteiger partial charge in [0, 0.05) is 6.42 Å². The van der Waals surface area contributed by atoms with Crippen molar-refractivity contribution in [3.05, 3.63) is 23.8 Å². The van der Waals surface area contributed by atoms with E-state index in [4.69, 9.17) is 20.3 Å². The molecular weight excluding hydrogens is 274 g/mol. The molecule has 1 fully saturated rings. The molecule has 6 heteroatoms. The van der Waals surface area contributed by atoms with Crippen molar-refractivity contribution in [3.63, 3.8) is 0 Å². The van der Waals surface area contributed by atoms with Gasteiger partial charge in [-0.2, -0.15) is 0 Å². The number of rotatable bonds is 5. The number of carboxylic acids is 1. The van der Waals surface area contributed by atoms with Gasteiger partial charge in [0.05, 0.1) is 13.7 Å². The van der Waals surface area contributed by atoms with Gasteiger partial charge >= 0.3 is 5.97 Å². The molecule has 0 aliphatic heterocycles. The molecule has 0 bridgehead atoms. The number of benzene rings is 1. The van der Waals surface area contributed by atoms with Crippen molar-refractivity contribution in [2.24, 2.45) is 5.73 Å². The molecule has 21 heavy (non-hydrogen) atoms. The van der Waals surface area contributed by atoms with Crippen molar-refractivity contribution in [3.8, 4) is 11.5 Å². The van der Waals surface area contributed by atoms with Crippen LogP contribution in [0, 0.1) is 0 Å². The van der Waals surface area contributed by atoms with E-state index < -0.39 is 11.5 Å². The van der Waals surface area contributed by atoms with Gasteiger partial charge in [0.15, 0.2) is 11.5 Å². The van der Waals surface area contributed by atoms with Crippen LogP contribution in [0.3, 0.4) is 0 Å². The lowest BCUT2D eigenvalue weighted by Gasteiger charge is -2.34. The van der Waals surface area contributed by atoms with E-state index in [9.17, 15) is 9.90 Å². The molecule has 2 unspecified atom stereocenters. The number of hydrogen-bond donors (Lipinski definition) is 3. The summed E-state index contributed by atoms with van der Waals surface area (Å²) in [4.78, 5) is 11.2. The molecule has 1 aromatic rings. The average Bonchev–Trinajstić information content (AvgIpc) is 2.47. The summed E-state index contributed by atoms with van der Waals surface area (Å²) in [5.74, 6) is 0.0674. The second-order valence-corrected chi connectivity index (χ2v) is 5.44. The number of carbonyl (C=O) groups is 1.